The van der Waals surface area contributed by atoms with E-state index in [0.717, 1.165) is 43.7 Å². The molecule has 0 atom stereocenters. The number of ether oxygens (including phenoxy) is 2. The van der Waals surface area contributed by atoms with Crippen molar-refractivity contribution in [2.45, 2.75) is 45.6 Å². The van der Waals surface area contributed by atoms with E-state index < -0.39 is 5.41 Å². The number of hydrogen-bond donors (Lipinski definition) is 1. The zero-order chi connectivity index (χ0) is 18.3. The predicted molar refractivity (Wildman–Crippen MR) is 107 cm³/mol. The normalized spacial score (nSPS) is 15.5. The number of rotatable bonds is 8. The van der Waals surface area contributed by atoms with Crippen molar-refractivity contribution in [3.63, 3.8) is 0 Å². The van der Waals surface area contributed by atoms with Crippen LogP contribution in [-0.2, 0) is 16.0 Å². The second-order valence-corrected chi connectivity index (χ2v) is 7.38. The summed E-state index contributed by atoms with van der Waals surface area (Å²) in [5.74, 6) is 1.05. The van der Waals surface area contributed by atoms with Gasteiger partial charge in [-0.2, -0.15) is 0 Å². The quantitative estimate of drug-likeness (QED) is 0.699. The van der Waals surface area contributed by atoms with E-state index in [1.807, 2.05) is 43.0 Å². The number of likely N-dealkylation sites (tertiary alicyclic amines) is 1. The Morgan fingerprint density at radius 2 is 1.92 bits per heavy atom. The van der Waals surface area contributed by atoms with Crippen molar-refractivity contribution < 1.29 is 14.3 Å². The number of benzene rings is 1. The number of hydrogen-bond acceptors (Lipinski definition) is 4. The van der Waals surface area contributed by atoms with Crippen LogP contribution in [-0.4, -0.2) is 50.3 Å². The Balaban J connectivity index is 0.00000338. The number of halogens is 1. The van der Waals surface area contributed by atoms with E-state index in [1.54, 1.807) is 7.11 Å². The highest BCUT2D eigenvalue weighted by Gasteiger charge is 2.34. The summed E-state index contributed by atoms with van der Waals surface area (Å²) in [5.41, 5.74) is 6.11. The molecule has 1 aromatic rings. The maximum Gasteiger partial charge on any atom is 0.228 e. The SMILES string of the molecule is COc1ccccc1CC(C)(C)C(=O)N1CCC(OCCCN)CC1.Cl. The number of amides is 1. The summed E-state index contributed by atoms with van der Waals surface area (Å²) in [6.45, 7) is 6.95. The first-order chi connectivity index (χ1) is 12.0. The maximum absolute atomic E-state index is 13.0. The molecule has 2 N–H and O–H groups in total. The number of piperidine rings is 1. The van der Waals surface area contributed by atoms with E-state index in [1.165, 1.54) is 0 Å². The number of nitrogens with zero attached hydrogens (tertiary/aromatic N) is 1. The van der Waals surface area contributed by atoms with Crippen LogP contribution in [0.25, 0.3) is 0 Å². The first kappa shape index (κ1) is 22.7. The predicted octanol–water partition coefficient (Wildman–Crippen LogP) is 3.04. The van der Waals surface area contributed by atoms with Gasteiger partial charge < -0.3 is 20.1 Å². The van der Waals surface area contributed by atoms with Crippen LogP contribution in [0.2, 0.25) is 0 Å². The van der Waals surface area contributed by atoms with Crippen molar-refractivity contribution in [2.24, 2.45) is 11.1 Å². The Labute approximate surface area is 163 Å². The molecule has 1 saturated heterocycles. The minimum absolute atomic E-state index is 0. The van der Waals surface area contributed by atoms with Gasteiger partial charge in [0.05, 0.1) is 13.2 Å². The standard InChI is InChI=1S/C20H32N2O3.ClH/c1-20(2,15-16-7-4-5-8-18(16)24-3)19(23)22-12-9-17(10-13-22)25-14-6-11-21;/h4-5,7-8,17H,6,9-15,21H2,1-3H3;1H. The van der Waals surface area contributed by atoms with Crippen LogP contribution in [0.4, 0.5) is 0 Å². The van der Waals surface area contributed by atoms with Crippen molar-refractivity contribution in [3.05, 3.63) is 29.8 Å². The lowest BCUT2D eigenvalue weighted by Gasteiger charge is -2.37. The lowest BCUT2D eigenvalue weighted by Crippen LogP contribution is -2.47. The van der Waals surface area contributed by atoms with Gasteiger partial charge in [-0.3, -0.25) is 4.79 Å². The van der Waals surface area contributed by atoms with Gasteiger partial charge in [0.2, 0.25) is 5.91 Å². The van der Waals surface area contributed by atoms with Crippen LogP contribution in [0.15, 0.2) is 24.3 Å². The molecule has 1 aliphatic heterocycles. The van der Waals surface area contributed by atoms with Crippen molar-refractivity contribution in [1.82, 2.24) is 4.90 Å². The number of carbonyl (C=O) groups excluding carboxylic acids is 1. The van der Waals surface area contributed by atoms with Crippen LogP contribution in [0.5, 0.6) is 5.75 Å². The number of nitrogens with two attached hydrogens (primary N) is 1. The largest absolute Gasteiger partial charge is 0.496 e. The average molecular weight is 385 g/mol. The van der Waals surface area contributed by atoms with E-state index in [4.69, 9.17) is 15.2 Å². The summed E-state index contributed by atoms with van der Waals surface area (Å²) >= 11 is 0. The Morgan fingerprint density at radius 1 is 1.27 bits per heavy atom. The highest BCUT2D eigenvalue weighted by molar-refractivity contribution is 5.85. The second-order valence-electron chi connectivity index (χ2n) is 7.38. The fourth-order valence-electron chi connectivity index (χ4n) is 3.39. The molecule has 1 aliphatic rings. The molecule has 26 heavy (non-hydrogen) atoms. The molecule has 0 aromatic heterocycles. The summed E-state index contributed by atoms with van der Waals surface area (Å²) in [5, 5.41) is 0. The van der Waals surface area contributed by atoms with Gasteiger partial charge in [-0.1, -0.05) is 32.0 Å². The summed E-state index contributed by atoms with van der Waals surface area (Å²) in [6.07, 6.45) is 3.63. The van der Waals surface area contributed by atoms with Gasteiger partial charge in [0.25, 0.3) is 0 Å². The molecule has 0 saturated carbocycles. The summed E-state index contributed by atoms with van der Waals surface area (Å²) in [6, 6.07) is 7.92. The van der Waals surface area contributed by atoms with Crippen LogP contribution in [0, 0.1) is 5.41 Å². The Hall–Kier alpha value is -1.30. The van der Waals surface area contributed by atoms with Crippen LogP contribution >= 0.6 is 12.4 Å². The molecule has 0 spiro atoms. The first-order valence-electron chi connectivity index (χ1n) is 9.21. The highest BCUT2D eigenvalue weighted by atomic mass is 35.5. The first-order valence-corrected chi connectivity index (χ1v) is 9.21. The van der Waals surface area contributed by atoms with Crippen molar-refractivity contribution in [2.75, 3.05) is 33.4 Å². The molecule has 1 aromatic carbocycles. The van der Waals surface area contributed by atoms with E-state index in [0.29, 0.717) is 19.6 Å². The minimum Gasteiger partial charge on any atom is -0.496 e. The van der Waals surface area contributed by atoms with Gasteiger partial charge in [-0.15, -0.1) is 12.4 Å². The molecule has 1 amide bonds. The summed E-state index contributed by atoms with van der Waals surface area (Å²) < 4.78 is 11.3. The molecule has 0 bridgehead atoms. The third-order valence-electron chi connectivity index (χ3n) is 4.84. The maximum atomic E-state index is 13.0. The smallest absolute Gasteiger partial charge is 0.228 e. The molecule has 0 unspecified atom stereocenters. The fraction of sp³-hybridized carbons (Fsp3) is 0.650. The van der Waals surface area contributed by atoms with Gasteiger partial charge in [-0.05, 0) is 43.9 Å². The number of para-hydroxylation sites is 1. The molecule has 1 heterocycles. The zero-order valence-corrected chi connectivity index (χ0v) is 17.0. The molecule has 148 valence electrons. The third-order valence-corrected chi connectivity index (χ3v) is 4.84. The van der Waals surface area contributed by atoms with E-state index in [2.05, 4.69) is 0 Å². The van der Waals surface area contributed by atoms with Gasteiger partial charge in [0.1, 0.15) is 5.75 Å². The third kappa shape index (κ3) is 6.15. The lowest BCUT2D eigenvalue weighted by atomic mass is 9.83. The molecular weight excluding hydrogens is 352 g/mol. The minimum atomic E-state index is -0.456. The van der Waals surface area contributed by atoms with Crippen LogP contribution in [0.3, 0.4) is 0 Å². The molecular formula is C20H33ClN2O3. The highest BCUT2D eigenvalue weighted by Crippen LogP contribution is 2.30. The van der Waals surface area contributed by atoms with Gasteiger partial charge >= 0.3 is 0 Å². The number of methoxy groups -OCH3 is 1. The molecule has 1 fully saturated rings. The Morgan fingerprint density at radius 3 is 2.54 bits per heavy atom. The zero-order valence-electron chi connectivity index (χ0n) is 16.2. The van der Waals surface area contributed by atoms with E-state index in [-0.39, 0.29) is 24.4 Å². The van der Waals surface area contributed by atoms with E-state index >= 15 is 0 Å². The molecule has 2 rings (SSSR count). The monoisotopic (exact) mass is 384 g/mol. The van der Waals surface area contributed by atoms with Gasteiger partial charge in [0.15, 0.2) is 0 Å². The fourth-order valence-corrected chi connectivity index (χ4v) is 3.39. The lowest BCUT2D eigenvalue weighted by molar-refractivity contribution is -0.143. The molecule has 6 heteroatoms. The average Bonchev–Trinajstić information content (AvgIpc) is 2.62. The van der Waals surface area contributed by atoms with Crippen LogP contribution in [0.1, 0.15) is 38.7 Å². The van der Waals surface area contributed by atoms with Crippen molar-refractivity contribution >= 4 is 18.3 Å². The van der Waals surface area contributed by atoms with Crippen molar-refractivity contribution in [3.8, 4) is 5.75 Å². The van der Waals surface area contributed by atoms with E-state index in [9.17, 15) is 4.79 Å². The second kappa shape index (κ2) is 10.8. The molecule has 0 radical (unpaired) electrons. The summed E-state index contributed by atoms with van der Waals surface area (Å²) in [7, 11) is 1.67. The topological polar surface area (TPSA) is 64.8 Å². The Bertz CT molecular complexity index is 558. The van der Waals surface area contributed by atoms with Gasteiger partial charge in [0, 0.05) is 25.1 Å². The molecule has 0 aliphatic carbocycles. The molecule has 5 nitrogen and oxygen atoms in total. The van der Waals surface area contributed by atoms with Gasteiger partial charge in [-0.25, -0.2) is 0 Å². The van der Waals surface area contributed by atoms with Crippen molar-refractivity contribution in [1.29, 1.82) is 0 Å². The number of carbonyl (C=O) groups is 1. The summed E-state index contributed by atoms with van der Waals surface area (Å²) in [4.78, 5) is 15.0. The Kier molecular flexibility index (Phi) is 9.41. The van der Waals surface area contributed by atoms with Crippen LogP contribution < -0.4 is 10.5 Å².